The second kappa shape index (κ2) is 9.54. The van der Waals surface area contributed by atoms with Crippen LogP contribution in [-0.4, -0.2) is 37.7 Å². The van der Waals surface area contributed by atoms with Crippen molar-refractivity contribution in [3.05, 3.63) is 12.7 Å². The van der Waals surface area contributed by atoms with E-state index in [0.29, 0.717) is 0 Å². The Balaban J connectivity index is 0. The maximum atomic E-state index is 11.5. The van der Waals surface area contributed by atoms with Crippen LogP contribution in [0.2, 0.25) is 0 Å². The van der Waals surface area contributed by atoms with Gasteiger partial charge in [0, 0.05) is 20.8 Å². The van der Waals surface area contributed by atoms with E-state index in [1.807, 2.05) is 6.92 Å². The molecule has 0 saturated heterocycles. The first kappa shape index (κ1) is 17.7. The third-order valence-electron chi connectivity index (χ3n) is 1.33. The number of allylic oxidation sites excluding steroid dienone is 1. The van der Waals surface area contributed by atoms with E-state index in [2.05, 4.69) is 15.6 Å². The fourth-order valence-electron chi connectivity index (χ4n) is 0.722. The molecular formula is C9H19O6P. The lowest BCUT2D eigenvalue weighted by atomic mass is 10.7. The zero-order valence-electron chi connectivity index (χ0n) is 10.0. The van der Waals surface area contributed by atoms with Crippen molar-refractivity contribution in [1.29, 1.82) is 0 Å². The molecule has 1 atom stereocenters. The normalized spacial score (nSPS) is 12.2. The number of ether oxygens (including phenoxy) is 1. The molecule has 0 amide bonds. The first-order valence-corrected chi connectivity index (χ1v) is 6.17. The molecule has 16 heavy (non-hydrogen) atoms. The maximum absolute atomic E-state index is 11.5. The average Bonchev–Trinajstić information content (AvgIpc) is 2.25. The monoisotopic (exact) mass is 254 g/mol. The SMILES string of the molecule is C=CC.CCOC(C(=O)O)P(=O)(OC)OC. The highest BCUT2D eigenvalue weighted by atomic mass is 31.2. The van der Waals surface area contributed by atoms with Gasteiger partial charge in [-0.05, 0) is 13.8 Å². The predicted octanol–water partition coefficient (Wildman–Crippen LogP) is 2.11. The van der Waals surface area contributed by atoms with Crippen LogP contribution in [0, 0.1) is 0 Å². The van der Waals surface area contributed by atoms with Crippen molar-refractivity contribution in [1.82, 2.24) is 0 Å². The van der Waals surface area contributed by atoms with Crippen molar-refractivity contribution in [2.75, 3.05) is 20.8 Å². The van der Waals surface area contributed by atoms with Gasteiger partial charge in [0.15, 0.2) is 0 Å². The highest BCUT2D eigenvalue weighted by molar-refractivity contribution is 7.55. The van der Waals surface area contributed by atoms with Gasteiger partial charge >= 0.3 is 13.6 Å². The van der Waals surface area contributed by atoms with Crippen LogP contribution in [0.25, 0.3) is 0 Å². The Labute approximate surface area is 95.7 Å². The second-order valence-corrected chi connectivity index (χ2v) is 4.74. The summed E-state index contributed by atoms with van der Waals surface area (Å²) in [5.41, 5.74) is 0. The summed E-state index contributed by atoms with van der Waals surface area (Å²) in [6, 6.07) is 0. The molecule has 7 heteroatoms. The van der Waals surface area contributed by atoms with E-state index >= 15 is 0 Å². The number of carboxylic acids is 1. The van der Waals surface area contributed by atoms with Gasteiger partial charge in [0.05, 0.1) is 0 Å². The van der Waals surface area contributed by atoms with Gasteiger partial charge in [-0.3, -0.25) is 4.57 Å². The molecule has 0 aromatic carbocycles. The number of rotatable bonds is 6. The molecule has 0 bridgehead atoms. The minimum absolute atomic E-state index is 0.119. The molecule has 0 aromatic rings. The summed E-state index contributed by atoms with van der Waals surface area (Å²) in [4.78, 5) is 10.6. The molecule has 96 valence electrons. The Morgan fingerprint density at radius 1 is 1.50 bits per heavy atom. The van der Waals surface area contributed by atoms with Crippen molar-refractivity contribution >= 4 is 13.6 Å². The largest absolute Gasteiger partial charge is 0.479 e. The fraction of sp³-hybridized carbons (Fsp3) is 0.667. The van der Waals surface area contributed by atoms with E-state index in [-0.39, 0.29) is 6.61 Å². The standard InChI is InChI=1S/C6H13O6P.C3H6/c1-4-12-6(5(7)8)13(9,10-2)11-3;1-3-2/h6H,4H2,1-3H3,(H,7,8);3H,1H2,2H3. The van der Waals surface area contributed by atoms with Gasteiger partial charge in [-0.2, -0.15) is 0 Å². The summed E-state index contributed by atoms with van der Waals surface area (Å²) in [6.07, 6.45) is 1.75. The van der Waals surface area contributed by atoms with Gasteiger partial charge in [0.25, 0.3) is 5.85 Å². The molecule has 0 aliphatic rings. The Bertz CT molecular complexity index is 244. The van der Waals surface area contributed by atoms with E-state index in [9.17, 15) is 9.36 Å². The molecule has 0 rings (SSSR count). The molecule has 6 nitrogen and oxygen atoms in total. The number of carbonyl (C=O) groups is 1. The van der Waals surface area contributed by atoms with E-state index < -0.39 is 19.4 Å². The lowest BCUT2D eigenvalue weighted by molar-refractivity contribution is -0.145. The average molecular weight is 254 g/mol. The maximum Gasteiger partial charge on any atom is 0.370 e. The van der Waals surface area contributed by atoms with E-state index in [4.69, 9.17) is 9.84 Å². The lowest BCUT2D eigenvalue weighted by Crippen LogP contribution is -2.25. The highest BCUT2D eigenvalue weighted by Gasteiger charge is 2.40. The first-order chi connectivity index (χ1) is 7.43. The van der Waals surface area contributed by atoms with Crippen molar-refractivity contribution < 1.29 is 28.3 Å². The summed E-state index contributed by atoms with van der Waals surface area (Å²) in [5, 5.41) is 8.64. The van der Waals surface area contributed by atoms with E-state index in [1.54, 1.807) is 13.0 Å². The van der Waals surface area contributed by atoms with Gasteiger partial charge < -0.3 is 18.9 Å². The van der Waals surface area contributed by atoms with Gasteiger partial charge in [0.1, 0.15) is 0 Å². The van der Waals surface area contributed by atoms with Crippen LogP contribution in [0.5, 0.6) is 0 Å². The fourth-order valence-corrected chi connectivity index (χ4v) is 1.86. The van der Waals surface area contributed by atoms with Crippen molar-refractivity contribution in [2.24, 2.45) is 0 Å². The summed E-state index contributed by atoms with van der Waals surface area (Å²) in [5.74, 6) is -2.93. The Kier molecular flexibility index (Phi) is 10.6. The zero-order valence-corrected chi connectivity index (χ0v) is 10.9. The summed E-state index contributed by atoms with van der Waals surface area (Å²) < 4.78 is 25.3. The molecule has 0 aromatic heterocycles. The van der Waals surface area contributed by atoms with Crippen molar-refractivity contribution in [2.45, 2.75) is 19.7 Å². The Morgan fingerprint density at radius 2 is 1.88 bits per heavy atom. The summed E-state index contributed by atoms with van der Waals surface area (Å²) in [7, 11) is -1.46. The van der Waals surface area contributed by atoms with Gasteiger partial charge in [-0.15, -0.1) is 6.58 Å². The zero-order chi connectivity index (χ0) is 13.2. The Morgan fingerprint density at radius 3 is 2.06 bits per heavy atom. The molecular weight excluding hydrogens is 235 g/mol. The summed E-state index contributed by atoms with van der Waals surface area (Å²) in [6.45, 7) is 6.96. The smallest absolute Gasteiger partial charge is 0.370 e. The third kappa shape index (κ3) is 6.02. The molecule has 0 radical (unpaired) electrons. The molecule has 0 aliphatic heterocycles. The van der Waals surface area contributed by atoms with Crippen LogP contribution in [0.15, 0.2) is 12.7 Å². The van der Waals surface area contributed by atoms with Crippen molar-refractivity contribution in [3.8, 4) is 0 Å². The molecule has 1 unspecified atom stereocenters. The Hall–Kier alpha value is -0.680. The van der Waals surface area contributed by atoms with Crippen molar-refractivity contribution in [3.63, 3.8) is 0 Å². The van der Waals surface area contributed by atoms with Gasteiger partial charge in [0.2, 0.25) is 0 Å². The third-order valence-corrected chi connectivity index (χ3v) is 3.29. The quantitative estimate of drug-likeness (QED) is 0.577. The van der Waals surface area contributed by atoms with Crippen LogP contribution in [0.4, 0.5) is 0 Å². The molecule has 1 N–H and O–H groups in total. The molecule has 0 spiro atoms. The van der Waals surface area contributed by atoms with Crippen LogP contribution in [-0.2, 0) is 23.1 Å². The molecule has 0 heterocycles. The molecule has 0 aliphatic carbocycles. The minimum atomic E-state index is -3.69. The minimum Gasteiger partial charge on any atom is -0.479 e. The number of aliphatic carboxylic acids is 1. The second-order valence-electron chi connectivity index (χ2n) is 2.46. The van der Waals surface area contributed by atoms with Crippen LogP contribution in [0.3, 0.4) is 0 Å². The predicted molar refractivity (Wildman–Crippen MR) is 60.5 cm³/mol. The van der Waals surface area contributed by atoms with Crippen LogP contribution in [0.1, 0.15) is 13.8 Å². The number of hydrogen-bond donors (Lipinski definition) is 1. The topological polar surface area (TPSA) is 82.1 Å². The summed E-state index contributed by atoms with van der Waals surface area (Å²) >= 11 is 0. The number of carboxylic acid groups (broad SMARTS) is 1. The number of hydrogen-bond acceptors (Lipinski definition) is 5. The van der Waals surface area contributed by atoms with Gasteiger partial charge in [-0.25, -0.2) is 4.79 Å². The van der Waals surface area contributed by atoms with Crippen LogP contribution < -0.4 is 0 Å². The molecule has 0 fully saturated rings. The highest BCUT2D eigenvalue weighted by Crippen LogP contribution is 2.51. The lowest BCUT2D eigenvalue weighted by Gasteiger charge is -2.20. The first-order valence-electron chi connectivity index (χ1n) is 4.56. The van der Waals surface area contributed by atoms with Crippen LogP contribution >= 0.6 is 7.60 Å². The molecule has 0 saturated carbocycles. The van der Waals surface area contributed by atoms with E-state index in [0.717, 1.165) is 14.2 Å². The van der Waals surface area contributed by atoms with E-state index in [1.165, 1.54) is 0 Å². The van der Waals surface area contributed by atoms with Gasteiger partial charge in [-0.1, -0.05) is 6.08 Å².